The van der Waals surface area contributed by atoms with Gasteiger partial charge in [0.1, 0.15) is 12.3 Å². The lowest BCUT2D eigenvalue weighted by molar-refractivity contribution is -0.142. The average Bonchev–Trinajstić information content (AvgIpc) is 3.24. The second kappa shape index (κ2) is 6.87. The maximum absolute atomic E-state index is 12.9. The Morgan fingerprint density at radius 2 is 2.00 bits per heavy atom. The first-order valence-electron chi connectivity index (χ1n) is 8.66. The molecule has 10 heteroatoms. The number of pyridine rings is 2. The number of carbonyl (C=O) groups excluding carboxylic acids is 1. The number of amides is 1. The van der Waals surface area contributed by atoms with E-state index in [9.17, 15) is 18.0 Å². The van der Waals surface area contributed by atoms with E-state index in [0.29, 0.717) is 28.4 Å². The van der Waals surface area contributed by atoms with Gasteiger partial charge in [0.25, 0.3) is 5.91 Å². The summed E-state index contributed by atoms with van der Waals surface area (Å²) >= 11 is 0. The van der Waals surface area contributed by atoms with Crippen LogP contribution in [0.25, 0.3) is 11.3 Å². The van der Waals surface area contributed by atoms with E-state index in [1.807, 2.05) is 0 Å². The number of rotatable bonds is 4. The molecule has 0 fully saturated rings. The molecule has 3 aromatic heterocycles. The minimum absolute atomic E-state index is 0.151. The van der Waals surface area contributed by atoms with Gasteiger partial charge >= 0.3 is 6.18 Å². The van der Waals surface area contributed by atoms with Crippen LogP contribution in [0.4, 0.5) is 18.9 Å². The molecule has 150 valence electrons. The number of hydrogen-bond donors (Lipinski definition) is 0. The lowest BCUT2D eigenvalue weighted by Gasteiger charge is -2.12. The molecule has 0 saturated carbocycles. The fourth-order valence-electron chi connectivity index (χ4n) is 3.29. The van der Waals surface area contributed by atoms with Crippen LogP contribution in [0.2, 0.25) is 0 Å². The number of alkyl halides is 3. The summed E-state index contributed by atoms with van der Waals surface area (Å²) in [5.74, 6) is 0.268. The summed E-state index contributed by atoms with van der Waals surface area (Å²) in [4.78, 5) is 22.9. The van der Waals surface area contributed by atoms with Gasteiger partial charge in [-0.25, -0.2) is 0 Å². The molecule has 0 radical (unpaired) electrons. The molecule has 0 aromatic carbocycles. The van der Waals surface area contributed by atoms with Gasteiger partial charge in [0, 0.05) is 18.0 Å². The molecule has 0 N–H and O–H groups in total. The second-order valence-corrected chi connectivity index (χ2v) is 6.66. The number of anilines is 1. The van der Waals surface area contributed by atoms with Crippen molar-refractivity contribution in [1.29, 1.82) is 0 Å². The zero-order valence-corrected chi connectivity index (χ0v) is 15.6. The number of carbonyl (C=O) groups is 1. The number of ether oxygens (including phenoxy) is 1. The Kier molecular flexibility index (Phi) is 4.48. The standard InChI is InChI=1S/C19H16F3N5O2/c1-11-3-15(12-4-14(29-2)7-23-5-12)25-16-9-27(18(28)17(11)16)13-6-24-26(8-13)10-19(20,21)22/h3-8H,9-10H2,1-2H3. The molecule has 1 amide bonds. The number of nitrogens with zero attached hydrogens (tertiary/aromatic N) is 5. The van der Waals surface area contributed by atoms with Crippen molar-refractivity contribution in [2.75, 3.05) is 12.0 Å². The van der Waals surface area contributed by atoms with Crippen molar-refractivity contribution in [2.45, 2.75) is 26.2 Å². The fourth-order valence-corrected chi connectivity index (χ4v) is 3.29. The molecular formula is C19H16F3N5O2. The largest absolute Gasteiger partial charge is 0.495 e. The summed E-state index contributed by atoms with van der Waals surface area (Å²) in [5.41, 5.74) is 3.39. The third-order valence-corrected chi connectivity index (χ3v) is 4.58. The third-order valence-electron chi connectivity index (χ3n) is 4.58. The fraction of sp³-hybridized carbons (Fsp3) is 0.263. The van der Waals surface area contributed by atoms with E-state index in [4.69, 9.17) is 4.74 Å². The third kappa shape index (κ3) is 3.65. The van der Waals surface area contributed by atoms with Crippen LogP contribution in [-0.4, -0.2) is 38.9 Å². The van der Waals surface area contributed by atoms with E-state index in [1.54, 1.807) is 31.5 Å². The first-order valence-corrected chi connectivity index (χ1v) is 8.66. The number of hydrogen-bond acceptors (Lipinski definition) is 5. The lowest BCUT2D eigenvalue weighted by Crippen LogP contribution is -2.23. The molecule has 0 spiro atoms. The Morgan fingerprint density at radius 1 is 1.21 bits per heavy atom. The van der Waals surface area contributed by atoms with E-state index in [-0.39, 0.29) is 12.5 Å². The highest BCUT2D eigenvalue weighted by Crippen LogP contribution is 2.32. The van der Waals surface area contributed by atoms with Gasteiger partial charge in [-0.3, -0.25) is 24.3 Å². The highest BCUT2D eigenvalue weighted by atomic mass is 19.4. The van der Waals surface area contributed by atoms with Gasteiger partial charge in [0.15, 0.2) is 0 Å². The van der Waals surface area contributed by atoms with Crippen LogP contribution in [0.1, 0.15) is 21.6 Å². The zero-order valence-electron chi connectivity index (χ0n) is 15.6. The number of fused-ring (bicyclic) bond motifs is 1. The molecule has 4 heterocycles. The van der Waals surface area contributed by atoms with Gasteiger partial charge in [0.2, 0.25) is 0 Å². The molecule has 1 aliphatic heterocycles. The van der Waals surface area contributed by atoms with Gasteiger partial charge in [-0.15, -0.1) is 0 Å². The van der Waals surface area contributed by atoms with Crippen LogP contribution in [0.3, 0.4) is 0 Å². The van der Waals surface area contributed by atoms with Crippen LogP contribution in [-0.2, 0) is 13.1 Å². The number of aromatic nitrogens is 4. The van der Waals surface area contributed by atoms with Crippen molar-refractivity contribution < 1.29 is 22.7 Å². The smallest absolute Gasteiger partial charge is 0.408 e. The van der Waals surface area contributed by atoms with Crippen molar-refractivity contribution in [2.24, 2.45) is 0 Å². The summed E-state index contributed by atoms with van der Waals surface area (Å²) in [6.45, 7) is 0.732. The molecule has 0 bridgehead atoms. The van der Waals surface area contributed by atoms with Gasteiger partial charge in [-0.1, -0.05) is 0 Å². The topological polar surface area (TPSA) is 73.1 Å². The van der Waals surface area contributed by atoms with Gasteiger partial charge in [0.05, 0.1) is 48.7 Å². The van der Waals surface area contributed by atoms with E-state index in [2.05, 4.69) is 15.1 Å². The summed E-state index contributed by atoms with van der Waals surface area (Å²) in [7, 11) is 1.54. The highest BCUT2D eigenvalue weighted by molar-refractivity contribution is 6.10. The average molecular weight is 403 g/mol. The Bertz CT molecular complexity index is 1090. The lowest BCUT2D eigenvalue weighted by atomic mass is 10.1. The predicted molar refractivity (Wildman–Crippen MR) is 97.6 cm³/mol. The van der Waals surface area contributed by atoms with Crippen LogP contribution in [0.15, 0.2) is 36.9 Å². The highest BCUT2D eigenvalue weighted by Gasteiger charge is 2.34. The Balaban J connectivity index is 1.65. The van der Waals surface area contributed by atoms with Crippen molar-refractivity contribution in [3.63, 3.8) is 0 Å². The number of methoxy groups -OCH3 is 1. The second-order valence-electron chi connectivity index (χ2n) is 6.66. The molecule has 0 saturated heterocycles. The summed E-state index contributed by atoms with van der Waals surface area (Å²) in [6.07, 6.45) is 1.29. The van der Waals surface area contributed by atoms with Crippen LogP contribution in [0, 0.1) is 6.92 Å². The molecule has 3 aromatic rings. The number of halogens is 3. The van der Waals surface area contributed by atoms with Gasteiger partial charge in [-0.2, -0.15) is 18.3 Å². The summed E-state index contributed by atoms with van der Waals surface area (Å²) in [5, 5.41) is 3.71. The maximum Gasteiger partial charge on any atom is 0.408 e. The number of aryl methyl sites for hydroxylation is 1. The first kappa shape index (κ1) is 18.9. The minimum Gasteiger partial charge on any atom is -0.495 e. The molecule has 0 aliphatic carbocycles. The van der Waals surface area contributed by atoms with Crippen molar-refractivity contribution in [1.82, 2.24) is 19.7 Å². The van der Waals surface area contributed by atoms with Crippen LogP contribution in [0.5, 0.6) is 5.75 Å². The summed E-state index contributed by atoms with van der Waals surface area (Å²) in [6, 6.07) is 3.57. The summed E-state index contributed by atoms with van der Waals surface area (Å²) < 4.78 is 43.6. The van der Waals surface area contributed by atoms with E-state index < -0.39 is 12.7 Å². The van der Waals surface area contributed by atoms with Crippen LogP contribution < -0.4 is 9.64 Å². The van der Waals surface area contributed by atoms with Crippen molar-refractivity contribution in [3.8, 4) is 17.0 Å². The van der Waals surface area contributed by atoms with Crippen LogP contribution >= 0.6 is 0 Å². The minimum atomic E-state index is -4.39. The molecule has 29 heavy (non-hydrogen) atoms. The first-order chi connectivity index (χ1) is 13.7. The molecule has 1 aliphatic rings. The van der Waals surface area contributed by atoms with Gasteiger partial charge in [-0.05, 0) is 24.6 Å². The Morgan fingerprint density at radius 3 is 2.72 bits per heavy atom. The van der Waals surface area contributed by atoms with E-state index in [0.717, 1.165) is 15.8 Å². The van der Waals surface area contributed by atoms with E-state index >= 15 is 0 Å². The normalized spacial score (nSPS) is 13.7. The SMILES string of the molecule is COc1cncc(-c2cc(C)c3c(n2)CN(c2cnn(CC(F)(F)F)c2)C3=O)c1. The molecule has 0 unspecified atom stereocenters. The van der Waals surface area contributed by atoms with Crippen molar-refractivity contribution in [3.05, 3.63) is 53.7 Å². The van der Waals surface area contributed by atoms with E-state index in [1.165, 1.54) is 24.4 Å². The quantitative estimate of drug-likeness (QED) is 0.668. The molecule has 0 atom stereocenters. The maximum atomic E-state index is 12.9. The molecule has 7 nitrogen and oxygen atoms in total. The molecular weight excluding hydrogens is 387 g/mol. The van der Waals surface area contributed by atoms with Crippen molar-refractivity contribution >= 4 is 11.6 Å². The predicted octanol–water partition coefficient (Wildman–Crippen LogP) is 3.38. The Hall–Kier alpha value is -3.43. The molecule has 4 rings (SSSR count). The monoisotopic (exact) mass is 403 g/mol. The van der Waals surface area contributed by atoms with Gasteiger partial charge < -0.3 is 4.74 Å². The zero-order chi connectivity index (χ0) is 20.8. The Labute approximate surface area is 163 Å².